The molecule has 2 aromatic heterocycles. The summed E-state index contributed by atoms with van der Waals surface area (Å²) in [6, 6.07) is 7.73. The van der Waals surface area contributed by atoms with E-state index < -0.39 is 17.5 Å². The van der Waals surface area contributed by atoms with E-state index >= 15 is 0 Å². The quantitative estimate of drug-likeness (QED) is 0.378. The molecule has 1 amide bonds. The second kappa shape index (κ2) is 11.8. The number of methoxy groups -OCH3 is 1. The minimum Gasteiger partial charge on any atom is -0.496 e. The molecule has 0 spiro atoms. The number of aromatic nitrogens is 2. The monoisotopic (exact) mass is 571 g/mol. The van der Waals surface area contributed by atoms with E-state index in [1.165, 1.54) is 18.2 Å². The van der Waals surface area contributed by atoms with Crippen LogP contribution in [0.4, 0.5) is 20.8 Å². The van der Waals surface area contributed by atoms with Crippen LogP contribution < -0.4 is 20.1 Å². The van der Waals surface area contributed by atoms with Crippen LogP contribution in [0.5, 0.6) is 11.5 Å². The van der Waals surface area contributed by atoms with Crippen molar-refractivity contribution in [3.63, 3.8) is 0 Å². The number of nitrogen functional groups attached to an aromatic ring is 1. The Morgan fingerprint density at radius 1 is 1.15 bits per heavy atom. The van der Waals surface area contributed by atoms with Crippen LogP contribution in [0.15, 0.2) is 42.7 Å². The SMILES string of the molecule is COc1cc(N2CCN(C(=O)OC(C)(C)C)C[C@@H]2C)ncc1-c1cnc(N)c(O[C@H](C)c2cc(F)ccc2Cl)c1. The number of amides is 1. The van der Waals surface area contributed by atoms with Gasteiger partial charge in [-0.2, -0.15) is 0 Å². The molecule has 1 aromatic carbocycles. The lowest BCUT2D eigenvalue weighted by molar-refractivity contribution is 0.0218. The van der Waals surface area contributed by atoms with Gasteiger partial charge in [-0.05, 0) is 58.9 Å². The predicted molar refractivity (Wildman–Crippen MR) is 154 cm³/mol. The van der Waals surface area contributed by atoms with Crippen LogP contribution in [0, 0.1) is 5.82 Å². The Labute approximate surface area is 239 Å². The van der Waals surface area contributed by atoms with Gasteiger partial charge in [0.05, 0.1) is 7.11 Å². The second-order valence-corrected chi connectivity index (χ2v) is 11.2. The largest absolute Gasteiger partial charge is 0.496 e. The number of benzene rings is 1. The third-order valence-corrected chi connectivity index (χ3v) is 6.88. The summed E-state index contributed by atoms with van der Waals surface area (Å²) >= 11 is 6.25. The Balaban J connectivity index is 1.54. The van der Waals surface area contributed by atoms with Crippen molar-refractivity contribution in [1.82, 2.24) is 14.9 Å². The van der Waals surface area contributed by atoms with Gasteiger partial charge in [0.25, 0.3) is 0 Å². The highest BCUT2D eigenvalue weighted by atomic mass is 35.5. The van der Waals surface area contributed by atoms with Crippen LogP contribution in [0.1, 0.15) is 46.3 Å². The fourth-order valence-electron chi connectivity index (χ4n) is 4.54. The number of carbonyl (C=O) groups is 1. The lowest BCUT2D eigenvalue weighted by atomic mass is 10.1. The molecule has 4 rings (SSSR count). The molecule has 2 atom stereocenters. The number of rotatable bonds is 6. The summed E-state index contributed by atoms with van der Waals surface area (Å²) in [4.78, 5) is 25.4. The maximum atomic E-state index is 13.8. The van der Waals surface area contributed by atoms with Crippen molar-refractivity contribution in [3.05, 3.63) is 59.1 Å². The van der Waals surface area contributed by atoms with Crippen molar-refractivity contribution in [3.8, 4) is 22.6 Å². The van der Waals surface area contributed by atoms with Gasteiger partial charge < -0.3 is 29.7 Å². The fraction of sp³-hybridized carbons (Fsp3) is 0.414. The van der Waals surface area contributed by atoms with E-state index in [2.05, 4.69) is 9.88 Å². The predicted octanol–water partition coefficient (Wildman–Crippen LogP) is 6.11. The smallest absolute Gasteiger partial charge is 0.410 e. The number of anilines is 2. The standard InChI is InChI=1S/C29H35ClFN5O4/c1-17-16-35(28(37)40-29(3,4)5)9-10-36(17)26-13-24(38-6)22(15-33-26)19-11-25(27(32)34-14-19)39-18(2)21-12-20(31)7-8-23(21)30/h7-8,11-15,17-18H,9-10,16H2,1-6H3,(H2,32,34)/t17-,18+/m0/s1. The first-order valence-corrected chi connectivity index (χ1v) is 13.4. The van der Waals surface area contributed by atoms with E-state index in [-0.39, 0.29) is 18.0 Å². The number of hydrogen-bond donors (Lipinski definition) is 1. The van der Waals surface area contributed by atoms with E-state index in [9.17, 15) is 9.18 Å². The van der Waals surface area contributed by atoms with Gasteiger partial charge in [0.2, 0.25) is 0 Å². The number of ether oxygens (including phenoxy) is 3. The highest BCUT2D eigenvalue weighted by molar-refractivity contribution is 6.31. The van der Waals surface area contributed by atoms with Crippen molar-refractivity contribution in [1.29, 1.82) is 0 Å². The van der Waals surface area contributed by atoms with Gasteiger partial charge in [-0.15, -0.1) is 0 Å². The van der Waals surface area contributed by atoms with Gasteiger partial charge in [0.1, 0.15) is 29.1 Å². The molecule has 3 heterocycles. The molecular formula is C29H35ClFN5O4. The van der Waals surface area contributed by atoms with E-state index in [1.807, 2.05) is 33.8 Å². The molecule has 0 saturated carbocycles. The Kier molecular flexibility index (Phi) is 8.58. The van der Waals surface area contributed by atoms with Crippen LogP contribution in [0.2, 0.25) is 5.02 Å². The lowest BCUT2D eigenvalue weighted by Gasteiger charge is -2.40. The minimum absolute atomic E-state index is 0.0126. The average molecular weight is 572 g/mol. The summed E-state index contributed by atoms with van der Waals surface area (Å²) in [6.45, 7) is 11.0. The van der Waals surface area contributed by atoms with Gasteiger partial charge >= 0.3 is 6.09 Å². The van der Waals surface area contributed by atoms with Crippen LogP contribution in [-0.4, -0.2) is 59.3 Å². The van der Waals surface area contributed by atoms with Crippen LogP contribution in [0.3, 0.4) is 0 Å². The number of pyridine rings is 2. The first-order chi connectivity index (χ1) is 18.9. The first kappa shape index (κ1) is 29.2. The average Bonchev–Trinajstić information content (AvgIpc) is 2.90. The summed E-state index contributed by atoms with van der Waals surface area (Å²) in [5.74, 6) is 1.41. The maximum Gasteiger partial charge on any atom is 0.410 e. The number of carbonyl (C=O) groups excluding carboxylic acids is 1. The Morgan fingerprint density at radius 2 is 1.90 bits per heavy atom. The van der Waals surface area contributed by atoms with Gasteiger partial charge in [-0.1, -0.05) is 11.6 Å². The third-order valence-electron chi connectivity index (χ3n) is 6.54. The number of nitrogens with zero attached hydrogens (tertiary/aromatic N) is 4. The zero-order chi connectivity index (χ0) is 29.2. The topological polar surface area (TPSA) is 103 Å². The second-order valence-electron chi connectivity index (χ2n) is 10.7. The molecule has 3 aromatic rings. The minimum atomic E-state index is -0.578. The molecule has 1 aliphatic heterocycles. The summed E-state index contributed by atoms with van der Waals surface area (Å²) < 4.78 is 31.1. The first-order valence-electron chi connectivity index (χ1n) is 13.0. The molecule has 214 valence electrons. The van der Waals surface area contributed by atoms with Crippen LogP contribution in [-0.2, 0) is 4.74 Å². The zero-order valence-corrected chi connectivity index (χ0v) is 24.3. The Hall–Kier alpha value is -3.79. The number of nitrogens with two attached hydrogens (primary N) is 1. The maximum absolute atomic E-state index is 13.8. The van der Waals surface area contributed by atoms with Crippen molar-refractivity contribution < 1.29 is 23.4 Å². The zero-order valence-electron chi connectivity index (χ0n) is 23.6. The summed E-state index contributed by atoms with van der Waals surface area (Å²) in [5.41, 5.74) is 7.43. The van der Waals surface area contributed by atoms with Gasteiger partial charge in [0.15, 0.2) is 11.6 Å². The highest BCUT2D eigenvalue weighted by Gasteiger charge is 2.31. The van der Waals surface area contributed by atoms with E-state index in [0.717, 1.165) is 5.82 Å². The van der Waals surface area contributed by atoms with Crippen molar-refractivity contribution in [2.75, 3.05) is 37.4 Å². The van der Waals surface area contributed by atoms with Crippen molar-refractivity contribution >= 4 is 29.3 Å². The molecule has 40 heavy (non-hydrogen) atoms. The van der Waals surface area contributed by atoms with Crippen molar-refractivity contribution in [2.45, 2.75) is 52.4 Å². The van der Waals surface area contributed by atoms with Gasteiger partial charge in [-0.25, -0.2) is 19.2 Å². The normalized spacial score (nSPS) is 16.4. The third kappa shape index (κ3) is 6.67. The molecule has 1 fully saturated rings. The summed E-state index contributed by atoms with van der Waals surface area (Å²) in [7, 11) is 1.59. The number of piperazine rings is 1. The molecule has 0 aliphatic carbocycles. The van der Waals surface area contributed by atoms with E-state index in [1.54, 1.807) is 37.4 Å². The summed E-state index contributed by atoms with van der Waals surface area (Å²) in [5, 5.41) is 0.388. The Bertz CT molecular complexity index is 1380. The molecule has 1 aliphatic rings. The number of hydrogen-bond acceptors (Lipinski definition) is 8. The molecule has 9 nitrogen and oxygen atoms in total. The number of halogens is 2. The highest BCUT2D eigenvalue weighted by Crippen LogP contribution is 2.37. The van der Waals surface area contributed by atoms with E-state index in [0.29, 0.717) is 52.8 Å². The molecule has 11 heteroatoms. The fourth-order valence-corrected chi connectivity index (χ4v) is 4.81. The van der Waals surface area contributed by atoms with Crippen LogP contribution in [0.25, 0.3) is 11.1 Å². The molecular weight excluding hydrogens is 537 g/mol. The molecule has 2 N–H and O–H groups in total. The van der Waals surface area contributed by atoms with Crippen LogP contribution >= 0.6 is 11.6 Å². The van der Waals surface area contributed by atoms with E-state index in [4.69, 9.17) is 36.5 Å². The van der Waals surface area contributed by atoms with Gasteiger partial charge in [0, 0.05) is 65.8 Å². The van der Waals surface area contributed by atoms with Crippen molar-refractivity contribution in [2.24, 2.45) is 0 Å². The molecule has 0 radical (unpaired) electrons. The Morgan fingerprint density at radius 3 is 2.58 bits per heavy atom. The summed E-state index contributed by atoms with van der Waals surface area (Å²) in [6.07, 6.45) is 2.43. The molecule has 0 bridgehead atoms. The molecule has 1 saturated heterocycles. The molecule has 0 unspecified atom stereocenters. The van der Waals surface area contributed by atoms with Gasteiger partial charge in [-0.3, -0.25) is 0 Å². The lowest BCUT2D eigenvalue weighted by Crippen LogP contribution is -2.54.